The van der Waals surface area contributed by atoms with E-state index in [1.54, 1.807) is 0 Å². The Morgan fingerprint density at radius 3 is 2.76 bits per heavy atom. The second kappa shape index (κ2) is 7.28. The molecule has 0 aliphatic carbocycles. The molecule has 0 bridgehead atoms. The number of piperidine rings is 1. The average molecular weight is 289 g/mol. The molecule has 1 fully saturated rings. The van der Waals surface area contributed by atoms with Crippen LogP contribution in [0.3, 0.4) is 0 Å². The van der Waals surface area contributed by atoms with Gasteiger partial charge in [0.15, 0.2) is 0 Å². The number of nitrogens with zero attached hydrogens (tertiary/aromatic N) is 2. The summed E-state index contributed by atoms with van der Waals surface area (Å²) in [6, 6.07) is 7.85. The SMILES string of the molecule is CCC(N)Cc1ccc(N2CCCC(N(C)C)C2)cc1C. The monoisotopic (exact) mass is 289 g/mol. The van der Waals surface area contributed by atoms with E-state index < -0.39 is 0 Å². The molecule has 1 aliphatic heterocycles. The molecule has 2 atom stereocenters. The number of hydrogen-bond acceptors (Lipinski definition) is 3. The first-order chi connectivity index (χ1) is 10.0. The standard InChI is InChI=1S/C18H31N3/c1-5-16(19)12-15-8-9-17(11-14(15)2)21-10-6-7-18(13-21)20(3)4/h8-9,11,16,18H,5-7,10,12-13,19H2,1-4H3. The first-order valence-corrected chi connectivity index (χ1v) is 8.27. The maximum absolute atomic E-state index is 6.09. The van der Waals surface area contributed by atoms with Gasteiger partial charge in [0.2, 0.25) is 0 Å². The number of likely N-dealkylation sites (N-methyl/N-ethyl adjacent to an activating group) is 1. The van der Waals surface area contributed by atoms with Crippen molar-refractivity contribution in [3.63, 3.8) is 0 Å². The fourth-order valence-electron chi connectivity index (χ4n) is 3.14. The minimum absolute atomic E-state index is 0.280. The van der Waals surface area contributed by atoms with Crippen molar-refractivity contribution in [2.24, 2.45) is 5.73 Å². The number of rotatable bonds is 5. The van der Waals surface area contributed by atoms with Crippen LogP contribution in [0.25, 0.3) is 0 Å². The van der Waals surface area contributed by atoms with E-state index in [0.717, 1.165) is 19.4 Å². The molecule has 1 saturated heterocycles. The van der Waals surface area contributed by atoms with E-state index in [-0.39, 0.29) is 6.04 Å². The molecule has 1 aliphatic rings. The zero-order valence-electron chi connectivity index (χ0n) is 14.1. The second-order valence-electron chi connectivity index (χ2n) is 6.69. The highest BCUT2D eigenvalue weighted by molar-refractivity contribution is 5.51. The van der Waals surface area contributed by atoms with Crippen LogP contribution in [-0.4, -0.2) is 44.2 Å². The van der Waals surface area contributed by atoms with E-state index in [1.165, 1.54) is 36.2 Å². The van der Waals surface area contributed by atoms with E-state index in [0.29, 0.717) is 6.04 Å². The van der Waals surface area contributed by atoms with Crippen LogP contribution >= 0.6 is 0 Å². The Morgan fingerprint density at radius 1 is 1.38 bits per heavy atom. The molecule has 0 saturated carbocycles. The number of aryl methyl sites for hydroxylation is 1. The van der Waals surface area contributed by atoms with E-state index in [4.69, 9.17) is 5.73 Å². The van der Waals surface area contributed by atoms with Crippen LogP contribution in [-0.2, 0) is 6.42 Å². The van der Waals surface area contributed by atoms with Gasteiger partial charge in [-0.1, -0.05) is 13.0 Å². The third-order valence-electron chi connectivity index (χ3n) is 4.82. The maximum Gasteiger partial charge on any atom is 0.0369 e. The van der Waals surface area contributed by atoms with Crippen LogP contribution in [0.1, 0.15) is 37.3 Å². The summed E-state index contributed by atoms with van der Waals surface area (Å²) >= 11 is 0. The molecule has 0 aromatic heterocycles. The Kier molecular flexibility index (Phi) is 5.65. The Hall–Kier alpha value is -1.06. The fraction of sp³-hybridized carbons (Fsp3) is 0.667. The van der Waals surface area contributed by atoms with Crippen molar-refractivity contribution in [3.8, 4) is 0 Å². The van der Waals surface area contributed by atoms with E-state index in [2.05, 4.69) is 55.9 Å². The quantitative estimate of drug-likeness (QED) is 0.904. The zero-order chi connectivity index (χ0) is 15.4. The Morgan fingerprint density at radius 2 is 2.14 bits per heavy atom. The van der Waals surface area contributed by atoms with Crippen LogP contribution in [0.15, 0.2) is 18.2 Å². The minimum Gasteiger partial charge on any atom is -0.370 e. The molecule has 21 heavy (non-hydrogen) atoms. The van der Waals surface area contributed by atoms with Crippen LogP contribution in [0, 0.1) is 6.92 Å². The van der Waals surface area contributed by atoms with Crippen molar-refractivity contribution in [2.45, 2.75) is 51.6 Å². The van der Waals surface area contributed by atoms with Crippen LogP contribution in [0.4, 0.5) is 5.69 Å². The Labute approximate surface area is 130 Å². The van der Waals surface area contributed by atoms with Gasteiger partial charge >= 0.3 is 0 Å². The number of anilines is 1. The van der Waals surface area contributed by atoms with Crippen LogP contribution in [0.2, 0.25) is 0 Å². The van der Waals surface area contributed by atoms with Gasteiger partial charge in [0.1, 0.15) is 0 Å². The number of hydrogen-bond donors (Lipinski definition) is 1. The van der Waals surface area contributed by atoms with Crippen LogP contribution < -0.4 is 10.6 Å². The second-order valence-corrected chi connectivity index (χ2v) is 6.69. The smallest absolute Gasteiger partial charge is 0.0369 e. The first-order valence-electron chi connectivity index (χ1n) is 8.27. The minimum atomic E-state index is 0.280. The van der Waals surface area contributed by atoms with Crippen molar-refractivity contribution in [3.05, 3.63) is 29.3 Å². The molecule has 3 heteroatoms. The molecular weight excluding hydrogens is 258 g/mol. The summed E-state index contributed by atoms with van der Waals surface area (Å²) in [4.78, 5) is 4.89. The maximum atomic E-state index is 6.09. The van der Waals surface area contributed by atoms with Crippen molar-refractivity contribution >= 4 is 5.69 Å². The van der Waals surface area contributed by atoms with Gasteiger partial charge in [-0.3, -0.25) is 0 Å². The molecular formula is C18H31N3. The highest BCUT2D eigenvalue weighted by Gasteiger charge is 2.21. The van der Waals surface area contributed by atoms with Gasteiger partial charge in [-0.25, -0.2) is 0 Å². The third-order valence-corrected chi connectivity index (χ3v) is 4.82. The third kappa shape index (κ3) is 4.21. The molecule has 2 N–H and O–H groups in total. The Balaban J connectivity index is 2.08. The molecule has 2 rings (SSSR count). The van der Waals surface area contributed by atoms with Gasteiger partial charge in [-0.2, -0.15) is 0 Å². The molecule has 1 heterocycles. The lowest BCUT2D eigenvalue weighted by Crippen LogP contribution is -2.45. The summed E-state index contributed by atoms with van der Waals surface area (Å²) in [5, 5.41) is 0. The highest BCUT2D eigenvalue weighted by Crippen LogP contribution is 2.24. The summed E-state index contributed by atoms with van der Waals surface area (Å²) in [5.74, 6) is 0. The molecule has 1 aromatic carbocycles. The summed E-state index contributed by atoms with van der Waals surface area (Å²) in [5.41, 5.74) is 10.2. The molecule has 0 radical (unpaired) electrons. The number of nitrogens with two attached hydrogens (primary N) is 1. The first kappa shape index (κ1) is 16.3. The highest BCUT2D eigenvalue weighted by atomic mass is 15.2. The van der Waals surface area contributed by atoms with Gasteiger partial charge in [0.25, 0.3) is 0 Å². The normalized spacial score (nSPS) is 20.9. The summed E-state index contributed by atoms with van der Waals surface area (Å²) < 4.78 is 0. The van der Waals surface area contributed by atoms with Gasteiger partial charge in [0, 0.05) is 30.9 Å². The molecule has 0 amide bonds. The predicted octanol–water partition coefficient (Wildman–Crippen LogP) is 2.81. The average Bonchev–Trinajstić information content (AvgIpc) is 2.49. The summed E-state index contributed by atoms with van der Waals surface area (Å²) in [6.07, 6.45) is 4.62. The molecule has 3 nitrogen and oxygen atoms in total. The van der Waals surface area contributed by atoms with E-state index >= 15 is 0 Å². The van der Waals surface area contributed by atoms with Crippen LogP contribution in [0.5, 0.6) is 0 Å². The molecule has 118 valence electrons. The van der Waals surface area contributed by atoms with Gasteiger partial charge in [-0.15, -0.1) is 0 Å². The molecule has 0 spiro atoms. The fourth-order valence-corrected chi connectivity index (χ4v) is 3.14. The van der Waals surface area contributed by atoms with Gasteiger partial charge in [-0.05, 0) is 70.0 Å². The Bertz CT molecular complexity index is 456. The van der Waals surface area contributed by atoms with Gasteiger partial charge < -0.3 is 15.5 Å². The lowest BCUT2D eigenvalue weighted by Gasteiger charge is -2.37. The molecule has 2 unspecified atom stereocenters. The van der Waals surface area contributed by atoms with Gasteiger partial charge in [0.05, 0.1) is 0 Å². The molecule has 1 aromatic rings. The van der Waals surface area contributed by atoms with E-state index in [9.17, 15) is 0 Å². The summed E-state index contributed by atoms with van der Waals surface area (Å²) in [7, 11) is 4.38. The number of benzene rings is 1. The topological polar surface area (TPSA) is 32.5 Å². The zero-order valence-corrected chi connectivity index (χ0v) is 14.1. The predicted molar refractivity (Wildman–Crippen MR) is 92.1 cm³/mol. The van der Waals surface area contributed by atoms with Crippen molar-refractivity contribution in [1.82, 2.24) is 4.90 Å². The summed E-state index contributed by atoms with van der Waals surface area (Å²) in [6.45, 7) is 6.69. The van der Waals surface area contributed by atoms with Crippen molar-refractivity contribution in [1.29, 1.82) is 0 Å². The largest absolute Gasteiger partial charge is 0.370 e. The lowest BCUT2D eigenvalue weighted by atomic mass is 9.98. The van der Waals surface area contributed by atoms with Crippen molar-refractivity contribution in [2.75, 3.05) is 32.1 Å². The lowest BCUT2D eigenvalue weighted by molar-refractivity contribution is 0.258. The van der Waals surface area contributed by atoms with Crippen molar-refractivity contribution < 1.29 is 0 Å². The van der Waals surface area contributed by atoms with E-state index in [1.807, 2.05) is 0 Å².